The summed E-state index contributed by atoms with van der Waals surface area (Å²) in [5.41, 5.74) is 11.8. The van der Waals surface area contributed by atoms with Crippen LogP contribution in [0.5, 0.6) is 0 Å². The molecule has 1 amide bonds. The van der Waals surface area contributed by atoms with Crippen LogP contribution >= 0.6 is 0 Å². The molecule has 0 radical (unpaired) electrons. The number of amides is 1. The SMILES string of the molecule is Nc1ccc([C@@H](O)CNCCCc2ccc(-c3ccc(C(=O)NS(=O)(=O)CCCO)c(C4CCCC4)c3)cc2)cc1. The van der Waals surface area contributed by atoms with E-state index in [0.717, 1.165) is 67.3 Å². The van der Waals surface area contributed by atoms with Gasteiger partial charge < -0.3 is 21.3 Å². The van der Waals surface area contributed by atoms with Gasteiger partial charge in [0.2, 0.25) is 10.0 Å². The van der Waals surface area contributed by atoms with Crippen molar-refractivity contribution in [2.24, 2.45) is 0 Å². The Bertz CT molecular complexity index is 1390. The van der Waals surface area contributed by atoms with E-state index >= 15 is 0 Å². The summed E-state index contributed by atoms with van der Waals surface area (Å²) in [6, 6.07) is 21.3. The summed E-state index contributed by atoms with van der Waals surface area (Å²) in [7, 11) is -3.81. The number of sulfonamides is 1. The molecule has 1 aliphatic rings. The minimum absolute atomic E-state index is 0.0805. The highest BCUT2D eigenvalue weighted by Crippen LogP contribution is 2.38. The lowest BCUT2D eigenvalue weighted by Crippen LogP contribution is -2.33. The summed E-state index contributed by atoms with van der Waals surface area (Å²) in [5.74, 6) is -0.678. The molecule has 0 aromatic heterocycles. The first-order chi connectivity index (χ1) is 19.8. The Balaban J connectivity index is 1.35. The summed E-state index contributed by atoms with van der Waals surface area (Å²) in [5, 5.41) is 22.6. The Labute approximate surface area is 243 Å². The molecule has 0 spiro atoms. The lowest BCUT2D eigenvalue weighted by atomic mass is 9.89. The number of hydrogen-bond donors (Lipinski definition) is 5. The molecule has 1 fully saturated rings. The number of aliphatic hydroxyl groups excluding tert-OH is 2. The number of carbonyl (C=O) groups excluding carboxylic acids is 1. The second kappa shape index (κ2) is 14.6. The van der Waals surface area contributed by atoms with Crippen LogP contribution in [0.4, 0.5) is 5.69 Å². The molecule has 0 saturated heterocycles. The molecule has 41 heavy (non-hydrogen) atoms. The fraction of sp³-hybridized carbons (Fsp3) is 0.406. The lowest BCUT2D eigenvalue weighted by molar-refractivity contribution is 0.0980. The number of carbonyl (C=O) groups is 1. The molecule has 6 N–H and O–H groups in total. The fourth-order valence-electron chi connectivity index (χ4n) is 5.38. The first kappa shape index (κ1) is 30.7. The third-order valence-electron chi connectivity index (χ3n) is 7.68. The molecule has 220 valence electrons. The number of rotatable bonds is 14. The molecule has 9 heteroatoms. The van der Waals surface area contributed by atoms with Gasteiger partial charge in [-0.1, -0.05) is 61.4 Å². The van der Waals surface area contributed by atoms with Crippen LogP contribution in [0.2, 0.25) is 0 Å². The monoisotopic (exact) mass is 579 g/mol. The molecular weight excluding hydrogens is 538 g/mol. The lowest BCUT2D eigenvalue weighted by Gasteiger charge is -2.17. The number of anilines is 1. The number of nitrogens with two attached hydrogens (primary N) is 1. The maximum absolute atomic E-state index is 13.0. The summed E-state index contributed by atoms with van der Waals surface area (Å²) in [4.78, 5) is 13.0. The van der Waals surface area contributed by atoms with E-state index in [0.29, 0.717) is 17.8 Å². The van der Waals surface area contributed by atoms with Gasteiger partial charge in [-0.05, 0) is 90.6 Å². The van der Waals surface area contributed by atoms with E-state index in [-0.39, 0.29) is 24.7 Å². The van der Waals surface area contributed by atoms with Gasteiger partial charge in [0.25, 0.3) is 5.91 Å². The molecule has 1 atom stereocenters. The Morgan fingerprint density at radius 2 is 1.63 bits per heavy atom. The number of hydrogen-bond acceptors (Lipinski definition) is 7. The van der Waals surface area contributed by atoms with Crippen molar-refractivity contribution >= 4 is 21.6 Å². The zero-order valence-corrected chi connectivity index (χ0v) is 24.2. The Kier molecular flexibility index (Phi) is 10.9. The average Bonchev–Trinajstić information content (AvgIpc) is 3.51. The van der Waals surface area contributed by atoms with Gasteiger partial charge in [0.05, 0.1) is 11.9 Å². The minimum Gasteiger partial charge on any atom is -0.399 e. The van der Waals surface area contributed by atoms with Gasteiger partial charge in [0, 0.05) is 24.4 Å². The first-order valence-electron chi connectivity index (χ1n) is 14.4. The van der Waals surface area contributed by atoms with Crippen molar-refractivity contribution in [2.45, 2.75) is 57.0 Å². The van der Waals surface area contributed by atoms with Crippen molar-refractivity contribution in [1.82, 2.24) is 10.0 Å². The Hall–Kier alpha value is -3.24. The minimum atomic E-state index is -3.81. The Morgan fingerprint density at radius 1 is 0.951 bits per heavy atom. The molecule has 0 bridgehead atoms. The van der Waals surface area contributed by atoms with E-state index < -0.39 is 22.0 Å². The van der Waals surface area contributed by atoms with Crippen LogP contribution in [0, 0.1) is 0 Å². The standard InChI is InChI=1S/C32H41N3O5S/c33-28-15-12-26(13-16-28)31(37)22-34-18-3-5-23-8-10-24(11-9-23)27-14-17-29(30(21-27)25-6-1-2-7-25)32(38)35-41(39,40)20-4-19-36/h8-17,21,25,31,34,36-37H,1-7,18-20,22,33H2,(H,35,38)/t31-/m0/s1. The predicted octanol–water partition coefficient (Wildman–Crippen LogP) is 4.29. The van der Waals surface area contributed by atoms with Crippen LogP contribution in [0.25, 0.3) is 11.1 Å². The molecule has 0 unspecified atom stereocenters. The molecule has 1 saturated carbocycles. The van der Waals surface area contributed by atoms with E-state index in [1.165, 1.54) is 5.56 Å². The number of aryl methyl sites for hydroxylation is 1. The number of nitrogen functional groups attached to an aromatic ring is 1. The van der Waals surface area contributed by atoms with Gasteiger partial charge in [-0.3, -0.25) is 4.79 Å². The third-order valence-corrected chi connectivity index (χ3v) is 9.00. The fourth-order valence-corrected chi connectivity index (χ4v) is 6.39. The first-order valence-corrected chi connectivity index (χ1v) is 16.0. The van der Waals surface area contributed by atoms with Crippen molar-refractivity contribution in [3.63, 3.8) is 0 Å². The van der Waals surface area contributed by atoms with Crippen LogP contribution in [-0.2, 0) is 16.4 Å². The molecule has 0 heterocycles. The van der Waals surface area contributed by atoms with Gasteiger partial charge in [-0.15, -0.1) is 0 Å². The molecule has 8 nitrogen and oxygen atoms in total. The van der Waals surface area contributed by atoms with Crippen molar-refractivity contribution < 1.29 is 23.4 Å². The highest BCUT2D eigenvalue weighted by atomic mass is 32.2. The van der Waals surface area contributed by atoms with E-state index in [1.807, 2.05) is 24.3 Å². The number of aliphatic hydroxyl groups is 2. The zero-order chi connectivity index (χ0) is 29.2. The van der Waals surface area contributed by atoms with Crippen LogP contribution in [0.3, 0.4) is 0 Å². The smallest absolute Gasteiger partial charge is 0.265 e. The maximum atomic E-state index is 13.0. The van der Waals surface area contributed by atoms with Crippen molar-refractivity contribution in [3.8, 4) is 11.1 Å². The number of benzene rings is 3. The van der Waals surface area contributed by atoms with Gasteiger partial charge >= 0.3 is 0 Å². The van der Waals surface area contributed by atoms with Gasteiger partial charge in [-0.2, -0.15) is 0 Å². The molecule has 3 aromatic carbocycles. The van der Waals surface area contributed by atoms with E-state index in [2.05, 4.69) is 34.3 Å². The predicted molar refractivity (Wildman–Crippen MR) is 163 cm³/mol. The molecule has 3 aromatic rings. The summed E-state index contributed by atoms with van der Waals surface area (Å²) in [6.07, 6.45) is 5.49. The summed E-state index contributed by atoms with van der Waals surface area (Å²) in [6.45, 7) is 1.02. The molecule has 1 aliphatic carbocycles. The van der Waals surface area contributed by atoms with Crippen LogP contribution in [0.1, 0.15) is 77.6 Å². The van der Waals surface area contributed by atoms with Gasteiger partial charge in [0.1, 0.15) is 0 Å². The second-order valence-corrected chi connectivity index (χ2v) is 12.6. The molecular formula is C32H41N3O5S. The number of nitrogens with one attached hydrogen (secondary N) is 2. The molecule has 4 rings (SSSR count). The topological polar surface area (TPSA) is 142 Å². The van der Waals surface area contributed by atoms with Crippen molar-refractivity contribution in [1.29, 1.82) is 0 Å². The van der Waals surface area contributed by atoms with E-state index in [1.54, 1.807) is 18.2 Å². The van der Waals surface area contributed by atoms with Crippen LogP contribution < -0.4 is 15.8 Å². The summed E-state index contributed by atoms with van der Waals surface area (Å²) < 4.78 is 26.7. The largest absolute Gasteiger partial charge is 0.399 e. The van der Waals surface area contributed by atoms with Crippen LogP contribution in [0.15, 0.2) is 66.7 Å². The highest BCUT2D eigenvalue weighted by molar-refractivity contribution is 7.90. The van der Waals surface area contributed by atoms with E-state index in [9.17, 15) is 18.3 Å². The van der Waals surface area contributed by atoms with Crippen LogP contribution in [-0.4, -0.2) is 50.0 Å². The second-order valence-electron chi connectivity index (χ2n) is 10.8. The van der Waals surface area contributed by atoms with Gasteiger partial charge in [0.15, 0.2) is 0 Å². The zero-order valence-electron chi connectivity index (χ0n) is 23.4. The molecule has 0 aliphatic heterocycles. The third kappa shape index (κ3) is 8.87. The summed E-state index contributed by atoms with van der Waals surface area (Å²) >= 11 is 0. The quantitative estimate of drug-likeness (QED) is 0.142. The van der Waals surface area contributed by atoms with Gasteiger partial charge in [-0.25, -0.2) is 13.1 Å². The van der Waals surface area contributed by atoms with Crippen molar-refractivity contribution in [3.05, 3.63) is 89.0 Å². The average molecular weight is 580 g/mol. The maximum Gasteiger partial charge on any atom is 0.265 e. The van der Waals surface area contributed by atoms with Crippen molar-refractivity contribution in [2.75, 3.05) is 31.2 Å². The highest BCUT2D eigenvalue weighted by Gasteiger charge is 2.25. The normalized spacial score (nSPS) is 14.7. The van der Waals surface area contributed by atoms with E-state index in [4.69, 9.17) is 10.8 Å². The Morgan fingerprint density at radius 3 is 2.32 bits per heavy atom.